The number of aryl methyl sites for hydroxylation is 1. The lowest BCUT2D eigenvalue weighted by atomic mass is 9.96. The Morgan fingerprint density at radius 2 is 2.00 bits per heavy atom. The van der Waals surface area contributed by atoms with E-state index in [-0.39, 0.29) is 18.5 Å². The van der Waals surface area contributed by atoms with Crippen molar-refractivity contribution >= 4 is 12.0 Å². The van der Waals surface area contributed by atoms with Crippen molar-refractivity contribution in [3.63, 3.8) is 0 Å². The van der Waals surface area contributed by atoms with Crippen LogP contribution in [-0.4, -0.2) is 28.6 Å². The number of aromatic nitrogens is 1. The van der Waals surface area contributed by atoms with Crippen molar-refractivity contribution in [3.8, 4) is 0 Å². The van der Waals surface area contributed by atoms with E-state index in [9.17, 15) is 9.59 Å². The number of hydrogen-bond acceptors (Lipinski definition) is 3. The molecule has 1 atom stereocenters. The highest BCUT2D eigenvalue weighted by Gasteiger charge is 2.21. The Morgan fingerprint density at radius 3 is 2.50 bits per heavy atom. The van der Waals surface area contributed by atoms with Gasteiger partial charge in [0, 0.05) is 25.0 Å². The molecule has 0 aliphatic rings. The lowest BCUT2D eigenvalue weighted by Gasteiger charge is -2.17. The van der Waals surface area contributed by atoms with Crippen LogP contribution in [0, 0.1) is 18.8 Å². The molecule has 0 fully saturated rings. The maximum Gasteiger partial charge on any atom is 0.315 e. The van der Waals surface area contributed by atoms with Crippen LogP contribution in [0.25, 0.3) is 0 Å². The summed E-state index contributed by atoms with van der Waals surface area (Å²) in [7, 11) is 0. The third-order valence-corrected chi connectivity index (χ3v) is 3.03. The minimum atomic E-state index is -0.900. The Bertz CT molecular complexity index is 457. The standard InChI is InChI=1S/C14H21N3O3/c1-9(2)12(13(18)19)8-17-14(20)16-7-11-5-4-10(3)15-6-11/h4-6,9,12H,7-8H2,1-3H3,(H,18,19)(H2,16,17,20). The quantitative estimate of drug-likeness (QED) is 0.736. The van der Waals surface area contributed by atoms with Crippen LogP contribution in [0.5, 0.6) is 0 Å². The molecular weight excluding hydrogens is 258 g/mol. The van der Waals surface area contributed by atoms with Gasteiger partial charge in [-0.15, -0.1) is 0 Å². The first-order valence-electron chi connectivity index (χ1n) is 6.56. The number of aliphatic carboxylic acids is 1. The number of carboxylic acids is 1. The predicted octanol–water partition coefficient (Wildman–Crippen LogP) is 1.55. The van der Waals surface area contributed by atoms with Crippen LogP contribution in [-0.2, 0) is 11.3 Å². The van der Waals surface area contributed by atoms with Gasteiger partial charge in [-0.2, -0.15) is 0 Å². The highest BCUT2D eigenvalue weighted by atomic mass is 16.4. The fourth-order valence-electron chi connectivity index (χ4n) is 1.66. The van der Waals surface area contributed by atoms with Gasteiger partial charge in [0.1, 0.15) is 0 Å². The topological polar surface area (TPSA) is 91.3 Å². The Labute approximate surface area is 118 Å². The Kier molecular flexibility index (Phi) is 5.96. The largest absolute Gasteiger partial charge is 0.481 e. The molecule has 0 spiro atoms. The third-order valence-electron chi connectivity index (χ3n) is 3.03. The van der Waals surface area contributed by atoms with Crippen molar-refractivity contribution < 1.29 is 14.7 Å². The number of amides is 2. The van der Waals surface area contributed by atoms with E-state index in [1.54, 1.807) is 6.20 Å². The summed E-state index contributed by atoms with van der Waals surface area (Å²) in [6.45, 7) is 6.00. The lowest BCUT2D eigenvalue weighted by molar-refractivity contribution is -0.142. The molecule has 1 aromatic rings. The maximum absolute atomic E-state index is 11.6. The minimum Gasteiger partial charge on any atom is -0.481 e. The van der Waals surface area contributed by atoms with Crippen LogP contribution in [0.3, 0.4) is 0 Å². The van der Waals surface area contributed by atoms with Gasteiger partial charge in [0.25, 0.3) is 0 Å². The number of nitrogens with one attached hydrogen (secondary N) is 2. The van der Waals surface area contributed by atoms with Crippen LogP contribution in [0.15, 0.2) is 18.3 Å². The molecule has 6 nitrogen and oxygen atoms in total. The Hall–Kier alpha value is -2.11. The van der Waals surface area contributed by atoms with Gasteiger partial charge in [0.15, 0.2) is 0 Å². The van der Waals surface area contributed by atoms with E-state index >= 15 is 0 Å². The molecular formula is C14H21N3O3. The van der Waals surface area contributed by atoms with E-state index in [1.807, 2.05) is 32.9 Å². The molecule has 0 aromatic carbocycles. The van der Waals surface area contributed by atoms with Gasteiger partial charge in [0.2, 0.25) is 0 Å². The summed E-state index contributed by atoms with van der Waals surface area (Å²) in [6, 6.07) is 3.38. The molecule has 6 heteroatoms. The zero-order chi connectivity index (χ0) is 15.1. The first-order chi connectivity index (χ1) is 9.40. The van der Waals surface area contributed by atoms with Crippen LogP contribution in [0.1, 0.15) is 25.1 Å². The number of carbonyl (C=O) groups excluding carboxylic acids is 1. The van der Waals surface area contributed by atoms with Crippen molar-refractivity contribution in [2.75, 3.05) is 6.54 Å². The molecule has 1 heterocycles. The molecule has 0 saturated carbocycles. The van der Waals surface area contributed by atoms with Crippen molar-refractivity contribution in [3.05, 3.63) is 29.6 Å². The molecule has 0 saturated heterocycles. The number of nitrogens with zero attached hydrogens (tertiary/aromatic N) is 1. The second-order valence-electron chi connectivity index (χ2n) is 5.06. The normalized spacial score (nSPS) is 12.0. The van der Waals surface area contributed by atoms with Crippen LogP contribution >= 0.6 is 0 Å². The Balaban J connectivity index is 2.36. The molecule has 1 aromatic heterocycles. The zero-order valence-corrected chi connectivity index (χ0v) is 12.0. The van der Waals surface area contributed by atoms with Crippen LogP contribution in [0.2, 0.25) is 0 Å². The molecule has 1 rings (SSSR count). The van der Waals surface area contributed by atoms with Crippen LogP contribution in [0.4, 0.5) is 4.79 Å². The number of urea groups is 1. The molecule has 0 radical (unpaired) electrons. The molecule has 0 bridgehead atoms. The van der Waals surface area contributed by atoms with Gasteiger partial charge < -0.3 is 15.7 Å². The molecule has 0 aliphatic carbocycles. The summed E-state index contributed by atoms with van der Waals surface area (Å²) in [6.07, 6.45) is 1.70. The highest BCUT2D eigenvalue weighted by Crippen LogP contribution is 2.09. The monoisotopic (exact) mass is 279 g/mol. The molecule has 3 N–H and O–H groups in total. The van der Waals surface area contributed by atoms with Crippen LogP contribution < -0.4 is 10.6 Å². The average Bonchev–Trinajstić information content (AvgIpc) is 2.37. The second-order valence-corrected chi connectivity index (χ2v) is 5.06. The van der Waals surface area contributed by atoms with E-state index in [4.69, 9.17) is 5.11 Å². The number of pyridine rings is 1. The van der Waals surface area contributed by atoms with E-state index in [0.717, 1.165) is 11.3 Å². The molecule has 20 heavy (non-hydrogen) atoms. The van der Waals surface area contributed by atoms with Crippen molar-refractivity contribution in [1.82, 2.24) is 15.6 Å². The van der Waals surface area contributed by atoms with E-state index in [0.29, 0.717) is 6.54 Å². The summed E-state index contributed by atoms with van der Waals surface area (Å²) >= 11 is 0. The van der Waals surface area contributed by atoms with Gasteiger partial charge in [0.05, 0.1) is 5.92 Å². The van der Waals surface area contributed by atoms with E-state index in [1.165, 1.54) is 0 Å². The fourth-order valence-corrected chi connectivity index (χ4v) is 1.66. The van der Waals surface area contributed by atoms with Gasteiger partial charge >= 0.3 is 12.0 Å². The average molecular weight is 279 g/mol. The summed E-state index contributed by atoms with van der Waals surface area (Å²) < 4.78 is 0. The van der Waals surface area contributed by atoms with Crippen molar-refractivity contribution in [2.45, 2.75) is 27.3 Å². The van der Waals surface area contributed by atoms with Gasteiger partial charge in [-0.3, -0.25) is 9.78 Å². The highest BCUT2D eigenvalue weighted by molar-refractivity contribution is 5.75. The SMILES string of the molecule is Cc1ccc(CNC(=O)NCC(C(=O)O)C(C)C)cn1. The summed E-state index contributed by atoms with van der Waals surface area (Å²) in [5.41, 5.74) is 1.81. The number of carboxylic acid groups (broad SMARTS) is 1. The zero-order valence-electron chi connectivity index (χ0n) is 12.0. The number of hydrogen-bond donors (Lipinski definition) is 3. The number of carbonyl (C=O) groups is 2. The summed E-state index contributed by atoms with van der Waals surface area (Å²) in [4.78, 5) is 26.7. The van der Waals surface area contributed by atoms with Crippen molar-refractivity contribution in [1.29, 1.82) is 0 Å². The molecule has 110 valence electrons. The van der Waals surface area contributed by atoms with E-state index < -0.39 is 11.9 Å². The predicted molar refractivity (Wildman–Crippen MR) is 75.2 cm³/mol. The minimum absolute atomic E-state index is 0.0332. The number of rotatable bonds is 6. The summed E-state index contributed by atoms with van der Waals surface area (Å²) in [5, 5.41) is 14.3. The smallest absolute Gasteiger partial charge is 0.315 e. The van der Waals surface area contributed by atoms with E-state index in [2.05, 4.69) is 15.6 Å². The fraction of sp³-hybridized carbons (Fsp3) is 0.500. The van der Waals surface area contributed by atoms with Gasteiger partial charge in [-0.1, -0.05) is 19.9 Å². The molecule has 1 unspecified atom stereocenters. The lowest BCUT2D eigenvalue weighted by Crippen LogP contribution is -2.41. The first-order valence-corrected chi connectivity index (χ1v) is 6.56. The van der Waals surface area contributed by atoms with Crippen molar-refractivity contribution in [2.24, 2.45) is 11.8 Å². The third kappa shape index (κ3) is 5.26. The molecule has 2 amide bonds. The van der Waals surface area contributed by atoms with Gasteiger partial charge in [-0.25, -0.2) is 4.79 Å². The second kappa shape index (κ2) is 7.47. The maximum atomic E-state index is 11.6. The van der Waals surface area contributed by atoms with Gasteiger partial charge in [-0.05, 0) is 24.5 Å². The Morgan fingerprint density at radius 1 is 1.30 bits per heavy atom. The first kappa shape index (κ1) is 15.9. The molecule has 0 aliphatic heterocycles. The summed E-state index contributed by atoms with van der Waals surface area (Å²) in [5.74, 6) is -1.51.